The summed E-state index contributed by atoms with van der Waals surface area (Å²) in [5.41, 5.74) is -13.2. The maximum absolute atomic E-state index is 12.1. The van der Waals surface area contributed by atoms with Gasteiger partial charge in [0.1, 0.15) is 49.2 Å². The Morgan fingerprint density at radius 2 is 0.684 bits per heavy atom. The number of halogens is 4. The molecule has 0 fully saturated rings. The minimum atomic E-state index is -4.14. The third-order valence-electron chi connectivity index (χ3n) is 14.8. The molecule has 0 aliphatic carbocycles. The molecule has 0 saturated heterocycles. The molecule has 8 aromatic rings. The number of alkyl halides is 4. The molecule has 8 rings (SSSR count). The van der Waals surface area contributed by atoms with Crippen LogP contribution in [0.25, 0.3) is 0 Å². The Labute approximate surface area is 732 Å². The Morgan fingerprint density at radius 1 is 0.342 bits per heavy atom. The van der Waals surface area contributed by atoms with Gasteiger partial charge in [0.15, 0.2) is 93.6 Å². The molecule has 0 saturated carbocycles. The molecule has 0 spiro atoms. The number of sulfone groups is 8. The highest BCUT2D eigenvalue weighted by Crippen LogP contribution is 2.40. The van der Waals surface area contributed by atoms with E-state index in [9.17, 15) is 76.9 Å². The van der Waals surface area contributed by atoms with Crippen LogP contribution in [-0.4, -0.2) is 190 Å². The van der Waals surface area contributed by atoms with Crippen molar-refractivity contribution in [3.05, 3.63) is 181 Å². The lowest BCUT2D eigenvalue weighted by Crippen LogP contribution is -2.33. The van der Waals surface area contributed by atoms with Crippen molar-refractivity contribution in [3.8, 4) is 57.5 Å². The molecule has 8 aromatic carbocycles. The van der Waals surface area contributed by atoms with Crippen molar-refractivity contribution in [1.29, 1.82) is 0 Å². The number of carbonyl (C=O) groups excluding carboxylic acids is 2. The fraction of sp³-hybridized carbons (Fsp3) is 0.351. The standard InChI is InChI=1S/C10H10Br2O4S.C10H10Cl2O4S.2C10H14O4S.C10H14O3S.3C9H12O3S/c2*1-7(13)10(11,12)17(14,15)9-5-3-8(16-2)4-6-9;1-4-15(11,12)8-5-6-9(13-2)10(7-8)14-3;1-4-15(11,12)9-7-5-6-8(13-2)10(9)14-3;1-4-14(11,12)10-7-8(2)5-6-9(10)13-3;2*1-3-13(10,11)9-6-4-5-8(7-9)12-2;1-3-13(10,11)9-7-5-4-6-8(9)12-2/h2*3-6H,1-2H3;2*5-7H,4H2,1-3H3;5-7H,4H2,1-3H3;3*4-7H,3H2,1-2H3/i2*7+1,10+1;2*4DH;4+1DH;3+1D2;2*3DH/t;;3*4-;;2*3-/m..010.11/s1. The number of methoxy groups -OCH3 is 10. The number of Topliss-reactive ketones (excluding diaryl/α,β-unsaturated/α-hetero) is 2. The van der Waals surface area contributed by atoms with Gasteiger partial charge < -0.3 is 47.4 Å². The van der Waals surface area contributed by atoms with Crippen molar-refractivity contribution < 1.29 is 141 Å². The number of aryl methyl sites for hydroxylation is 1. The quantitative estimate of drug-likeness (QED) is 0.0324. The average Bonchev–Trinajstić information content (AvgIpc) is 0.762. The van der Waals surface area contributed by atoms with Crippen molar-refractivity contribution in [2.45, 2.75) is 108 Å². The van der Waals surface area contributed by atoms with Crippen LogP contribution in [0, 0.1) is 6.92 Å². The molecule has 0 radical (unpaired) electrons. The minimum absolute atomic E-state index is 0.0146. The van der Waals surface area contributed by atoms with Crippen LogP contribution in [0.15, 0.2) is 215 Å². The summed E-state index contributed by atoms with van der Waals surface area (Å²) in [5, 5.41) is 0. The Bertz CT molecular complexity index is 5950. The number of para-hydroxylation sites is 2. The molecule has 0 N–H and O–H groups in total. The van der Waals surface area contributed by atoms with Gasteiger partial charge in [0, 0.05) is 22.5 Å². The fourth-order valence-electron chi connectivity index (χ4n) is 8.29. The molecule has 40 heteroatoms. The largest absolute Gasteiger partial charge is 0.497 e. The summed E-state index contributed by atoms with van der Waals surface area (Å²) in [6.45, 7) is 9.98. The normalized spacial score (nSPS) is 15.8. The molecular formula is C77H98Br2Cl2O28S8. The van der Waals surface area contributed by atoms with Crippen molar-refractivity contribution in [3.63, 3.8) is 0 Å². The van der Waals surface area contributed by atoms with Gasteiger partial charge >= 0.3 is 0 Å². The van der Waals surface area contributed by atoms with Crippen LogP contribution in [0.4, 0.5) is 0 Å². The van der Waals surface area contributed by atoms with E-state index in [2.05, 4.69) is 31.9 Å². The summed E-state index contributed by atoms with van der Waals surface area (Å²) in [7, 11) is -18.1. The molecule has 0 heterocycles. The highest BCUT2D eigenvalue weighted by atomic mass is 79.9. The molecular weight excluding hydrogens is 1870 g/mol. The number of rotatable bonds is 28. The first-order valence-electron chi connectivity index (χ1n) is 38.6. The lowest BCUT2D eigenvalue weighted by Gasteiger charge is -2.17. The molecule has 650 valence electrons. The van der Waals surface area contributed by atoms with E-state index in [1.54, 1.807) is 37.3 Å². The lowest BCUT2D eigenvalue weighted by atomic mass is 10.2. The van der Waals surface area contributed by atoms with E-state index >= 15 is 0 Å². The molecule has 0 aliphatic heterocycles. The van der Waals surface area contributed by atoms with Crippen LogP contribution in [0.5, 0.6) is 57.5 Å². The van der Waals surface area contributed by atoms with Gasteiger partial charge in [0.05, 0.1) is 130 Å². The summed E-state index contributed by atoms with van der Waals surface area (Å²) >= 11 is 16.9. The third kappa shape index (κ3) is 30.8. The molecule has 0 aromatic heterocycles. The summed E-state index contributed by atoms with van der Waals surface area (Å²) in [5.74, 6) is 1.63. The van der Waals surface area contributed by atoms with Gasteiger partial charge in [-0.3, -0.25) is 9.59 Å². The maximum atomic E-state index is 12.1. The van der Waals surface area contributed by atoms with Gasteiger partial charge in [-0.25, -0.2) is 67.3 Å². The predicted octanol–water partition coefficient (Wildman–Crippen LogP) is 13.9. The molecule has 28 nitrogen and oxygen atoms in total. The summed E-state index contributed by atoms with van der Waals surface area (Å²) in [6, 6.07) is 41.6. The van der Waals surface area contributed by atoms with Crippen molar-refractivity contribution in [2.24, 2.45) is 0 Å². The van der Waals surface area contributed by atoms with E-state index in [0.29, 0.717) is 28.7 Å². The summed E-state index contributed by atoms with van der Waals surface area (Å²) < 4.78 is 323. The lowest BCUT2D eigenvalue weighted by molar-refractivity contribution is -0.116. The molecule has 0 aliphatic rings. The van der Waals surface area contributed by atoms with Crippen LogP contribution in [-0.2, 0) is 88.3 Å². The van der Waals surface area contributed by atoms with Gasteiger partial charge in [-0.15, -0.1) is 0 Å². The highest BCUT2D eigenvalue weighted by molar-refractivity contribution is 9.28. The summed E-state index contributed by atoms with van der Waals surface area (Å²) in [4.78, 5) is 21.6. The average molecular weight is 1970 g/mol. The molecule has 0 bridgehead atoms. The zero-order chi connectivity index (χ0) is 101. The number of ketones is 2. The second-order valence-electron chi connectivity index (χ2n) is 21.9. The molecule has 117 heavy (non-hydrogen) atoms. The van der Waals surface area contributed by atoms with Crippen LogP contribution >= 0.6 is 55.1 Å². The van der Waals surface area contributed by atoms with Crippen molar-refractivity contribution >= 4 is 145 Å². The van der Waals surface area contributed by atoms with E-state index in [1.165, 1.54) is 224 Å². The minimum Gasteiger partial charge on any atom is -0.497 e. The van der Waals surface area contributed by atoms with Crippen LogP contribution < -0.4 is 47.4 Å². The fourth-order valence-corrected chi connectivity index (χ4v) is 17.3. The van der Waals surface area contributed by atoms with E-state index in [1.807, 2.05) is 0 Å². The first kappa shape index (κ1) is 87.1. The third-order valence-corrected chi connectivity index (χ3v) is 32.5. The van der Waals surface area contributed by atoms with Gasteiger partial charge in [-0.05, 0) is 192 Å². The zero-order valence-electron chi connectivity index (χ0n) is 78.5. The number of hydrogen-bond donors (Lipinski definition) is 0. The maximum Gasteiger partial charge on any atom is 0.279 e. The van der Waals surface area contributed by atoms with Crippen molar-refractivity contribution in [2.75, 3.05) is 105 Å². The molecule has 0 amide bonds. The Balaban J connectivity index is 0.000000738. The summed E-state index contributed by atoms with van der Waals surface area (Å²) in [6.07, 6.45) is 0. The van der Waals surface area contributed by atoms with E-state index < -0.39 is 131 Å². The number of carbonyl (C=O) groups is 2. The van der Waals surface area contributed by atoms with Gasteiger partial charge in [-0.2, -0.15) is 0 Å². The number of benzene rings is 8. The number of ether oxygens (including phenoxy) is 10. The zero-order valence-corrected chi connectivity index (χ0v) is 77.7. The Kier molecular flexibility index (Phi) is 36.1. The van der Waals surface area contributed by atoms with E-state index in [4.69, 9.17) is 87.0 Å². The number of hydrogen-bond acceptors (Lipinski definition) is 28. The monoisotopic (exact) mass is 1970 g/mol. The highest BCUT2D eigenvalue weighted by Gasteiger charge is 2.46. The van der Waals surface area contributed by atoms with Crippen molar-refractivity contribution in [1.82, 2.24) is 0 Å². The van der Waals surface area contributed by atoms with Crippen LogP contribution in [0.1, 0.15) is 77.4 Å². The topological polar surface area (TPSA) is 400 Å². The smallest absolute Gasteiger partial charge is 0.279 e. The van der Waals surface area contributed by atoms with Gasteiger partial charge in [-0.1, -0.05) is 101 Å². The predicted molar refractivity (Wildman–Crippen MR) is 459 cm³/mol. The first-order chi connectivity index (χ1) is 58.5. The SMILES string of the molecule is COc1ccc(S(=O)(=O)[13C](Br)(Br)[13C](C)=O)cc1.COc1ccc(S(=O)(=O)[13C](Cl)(Cl)[13C](C)=O)cc1.[1H][13C@]([2H])(C)S(=O)(=O)c1cc(C)ccc1OC.[1H][C@@]([2H])(C)S(=O)(=O)c1cccc(OC)c1.[1H][C@@]([2H])(C)S(=O)(=O)c1cccc(OC)c1OC.[1H][C@@]([2H])(C)S(=O)(=O)c1ccccc1OC.[1H][C@]([2H])(C)S(=O)(=O)c1ccc(OC)c(OC)c1.[2H][13C]([2H])(C)S(=O)(=O)c1cccc(OC)c1. The van der Waals surface area contributed by atoms with E-state index in [0.717, 1.165) is 54.0 Å². The second-order valence-corrected chi connectivity index (χ2v) is 43.6. The Hall–Kier alpha value is -7.76. The molecule has 0 unspecified atom stereocenters. The first-order valence-corrected chi connectivity index (χ1v) is 46.8. The molecule has 5 atom stereocenters. The van der Waals surface area contributed by atoms with Crippen LogP contribution in [0.3, 0.4) is 0 Å². The second kappa shape index (κ2) is 48.5. The Morgan fingerprint density at radius 3 is 1.07 bits per heavy atom. The van der Waals surface area contributed by atoms with Crippen LogP contribution in [0.2, 0.25) is 0 Å². The van der Waals surface area contributed by atoms with Gasteiger partial charge in [0.25, 0.3) is 3.67 Å². The van der Waals surface area contributed by atoms with Gasteiger partial charge in [0.2, 0.25) is 22.2 Å². The van der Waals surface area contributed by atoms with E-state index in [-0.39, 0.29) is 67.9 Å².